The average Bonchev–Trinajstić information content (AvgIpc) is 3.32. The van der Waals surface area contributed by atoms with Crippen LogP contribution in [0.5, 0.6) is 0 Å². The first-order chi connectivity index (χ1) is 14.2. The van der Waals surface area contributed by atoms with Crippen LogP contribution in [-0.4, -0.2) is 45.6 Å². The second-order valence-electron chi connectivity index (χ2n) is 8.75. The monoisotopic (exact) mass is 474 g/mol. The number of thiophene rings is 1. The van der Waals surface area contributed by atoms with Gasteiger partial charge in [0.15, 0.2) is 0 Å². The lowest BCUT2D eigenvalue weighted by Crippen LogP contribution is -2.54. The van der Waals surface area contributed by atoms with Crippen LogP contribution in [0.2, 0.25) is 0 Å². The molecule has 1 aliphatic heterocycles. The van der Waals surface area contributed by atoms with Gasteiger partial charge in [0.2, 0.25) is 5.91 Å². The molecule has 0 radical (unpaired) electrons. The molecule has 11 heteroatoms. The fourth-order valence-corrected chi connectivity index (χ4v) is 4.90. The summed E-state index contributed by atoms with van der Waals surface area (Å²) in [7, 11) is -5.69. The molecule has 1 aliphatic rings. The van der Waals surface area contributed by atoms with E-state index in [0.29, 0.717) is 17.8 Å². The lowest BCUT2D eigenvalue weighted by atomic mass is 9.85. The molecule has 31 heavy (non-hydrogen) atoms. The Morgan fingerprint density at radius 1 is 1.16 bits per heavy atom. The summed E-state index contributed by atoms with van der Waals surface area (Å²) in [5.74, 6) is -0.653. The van der Waals surface area contributed by atoms with Gasteiger partial charge in [0.25, 0.3) is 5.91 Å². The highest BCUT2D eigenvalue weighted by Gasteiger charge is 2.50. The molecular weight excluding hydrogens is 449 g/mol. The minimum absolute atomic E-state index is 0.150. The van der Waals surface area contributed by atoms with Crippen LogP contribution in [-0.2, 0) is 15.0 Å². The zero-order valence-electron chi connectivity index (χ0n) is 17.4. The van der Waals surface area contributed by atoms with Crippen LogP contribution in [0.3, 0.4) is 0 Å². The molecule has 1 aromatic heterocycles. The SMILES string of the molecule is CC(C)(C)[C@H](NC(=O)c1cc2cc(C(F)(F)P(=O)(O)O)ccc2s1)C(=O)N1CCCC1. The van der Waals surface area contributed by atoms with Gasteiger partial charge in [-0.1, -0.05) is 26.8 Å². The zero-order chi connectivity index (χ0) is 23.2. The van der Waals surface area contributed by atoms with Crippen LogP contribution in [0.15, 0.2) is 24.3 Å². The van der Waals surface area contributed by atoms with Crippen molar-refractivity contribution in [2.75, 3.05) is 13.1 Å². The first-order valence-corrected chi connectivity index (χ1v) is 12.2. The molecule has 2 heterocycles. The molecule has 0 unspecified atom stereocenters. The molecule has 3 rings (SSSR count). The predicted octanol–water partition coefficient (Wildman–Crippen LogP) is 3.90. The van der Waals surface area contributed by atoms with E-state index < -0.39 is 36.2 Å². The molecule has 0 spiro atoms. The second kappa shape index (κ2) is 8.24. The van der Waals surface area contributed by atoms with Gasteiger partial charge >= 0.3 is 13.3 Å². The maximum absolute atomic E-state index is 14.0. The van der Waals surface area contributed by atoms with Crippen molar-refractivity contribution in [3.63, 3.8) is 0 Å². The van der Waals surface area contributed by atoms with Gasteiger partial charge in [-0.15, -0.1) is 11.3 Å². The van der Waals surface area contributed by atoms with Gasteiger partial charge in [0.1, 0.15) is 6.04 Å². The minimum Gasteiger partial charge on any atom is -0.341 e. The van der Waals surface area contributed by atoms with Crippen molar-refractivity contribution in [3.8, 4) is 0 Å². The van der Waals surface area contributed by atoms with E-state index in [0.717, 1.165) is 36.3 Å². The quantitative estimate of drug-likeness (QED) is 0.570. The molecule has 7 nitrogen and oxygen atoms in total. The van der Waals surface area contributed by atoms with Crippen molar-refractivity contribution in [3.05, 3.63) is 34.7 Å². The van der Waals surface area contributed by atoms with Gasteiger partial charge in [0, 0.05) is 23.4 Å². The summed E-state index contributed by atoms with van der Waals surface area (Å²) >= 11 is 1.05. The molecule has 2 aromatic rings. The molecular formula is C20H25F2N2O5PS. The van der Waals surface area contributed by atoms with Crippen LogP contribution in [0, 0.1) is 5.41 Å². The topological polar surface area (TPSA) is 107 Å². The first-order valence-electron chi connectivity index (χ1n) is 9.79. The molecule has 1 atom stereocenters. The van der Waals surface area contributed by atoms with Crippen LogP contribution >= 0.6 is 18.9 Å². The summed E-state index contributed by atoms with van der Waals surface area (Å²) in [4.78, 5) is 45.7. The van der Waals surface area contributed by atoms with E-state index in [2.05, 4.69) is 5.32 Å². The highest BCUT2D eigenvalue weighted by molar-refractivity contribution is 7.52. The number of nitrogens with one attached hydrogen (secondary N) is 1. The summed E-state index contributed by atoms with van der Waals surface area (Å²) in [6.45, 7) is 6.87. The smallest absolute Gasteiger partial charge is 0.341 e. The van der Waals surface area contributed by atoms with E-state index in [1.165, 1.54) is 12.1 Å². The summed E-state index contributed by atoms with van der Waals surface area (Å²) in [6.07, 6.45) is 1.85. The van der Waals surface area contributed by atoms with Crippen molar-refractivity contribution in [1.29, 1.82) is 0 Å². The average molecular weight is 474 g/mol. The number of alkyl halides is 2. The number of amides is 2. The Hall–Kier alpha value is -1.87. The van der Waals surface area contributed by atoms with Gasteiger partial charge < -0.3 is 20.0 Å². The van der Waals surface area contributed by atoms with Crippen molar-refractivity contribution in [2.24, 2.45) is 5.41 Å². The number of carbonyl (C=O) groups is 2. The van der Waals surface area contributed by atoms with Gasteiger partial charge in [-0.3, -0.25) is 14.2 Å². The van der Waals surface area contributed by atoms with Crippen molar-refractivity contribution in [2.45, 2.75) is 45.3 Å². The maximum atomic E-state index is 14.0. The predicted molar refractivity (Wildman–Crippen MR) is 114 cm³/mol. The van der Waals surface area contributed by atoms with Gasteiger partial charge in [-0.05, 0) is 41.8 Å². The van der Waals surface area contributed by atoms with Crippen LogP contribution in [0.25, 0.3) is 10.1 Å². The van der Waals surface area contributed by atoms with Gasteiger partial charge in [-0.2, -0.15) is 8.78 Å². The Morgan fingerprint density at radius 3 is 2.32 bits per heavy atom. The highest BCUT2D eigenvalue weighted by atomic mass is 32.1. The Bertz CT molecular complexity index is 1050. The van der Waals surface area contributed by atoms with E-state index in [4.69, 9.17) is 9.79 Å². The maximum Gasteiger partial charge on any atom is 0.399 e. The lowest BCUT2D eigenvalue weighted by molar-refractivity contribution is -0.134. The van der Waals surface area contributed by atoms with Gasteiger partial charge in [-0.25, -0.2) is 0 Å². The number of likely N-dealkylation sites (tertiary alicyclic amines) is 1. The van der Waals surface area contributed by atoms with Crippen molar-refractivity contribution in [1.82, 2.24) is 10.2 Å². The number of hydrogen-bond donors (Lipinski definition) is 3. The minimum atomic E-state index is -5.69. The standard InChI is InChI=1S/C20H25F2N2O5PS/c1-19(2,3)16(18(26)24-8-4-5-9-24)23-17(25)15-11-12-10-13(6-7-14(12)31-15)20(21,22)30(27,28)29/h6-7,10-11,16H,4-5,8-9H2,1-3H3,(H,23,25)(H2,27,28,29)/t16-/m1/s1. The number of fused-ring (bicyclic) bond motifs is 1. The molecule has 0 bridgehead atoms. The highest BCUT2D eigenvalue weighted by Crippen LogP contribution is 2.59. The number of halogens is 2. The normalized spacial score (nSPS) is 16.5. The Balaban J connectivity index is 1.87. The molecule has 2 amide bonds. The number of rotatable bonds is 5. The van der Waals surface area contributed by atoms with Crippen molar-refractivity contribution < 1.29 is 32.7 Å². The third-order valence-electron chi connectivity index (χ3n) is 5.26. The molecule has 0 saturated carbocycles. The van der Waals surface area contributed by atoms with Crippen LogP contribution in [0.1, 0.15) is 48.8 Å². The zero-order valence-corrected chi connectivity index (χ0v) is 19.1. The molecule has 170 valence electrons. The van der Waals surface area contributed by atoms with Crippen molar-refractivity contribution >= 4 is 40.8 Å². The molecule has 1 saturated heterocycles. The number of carbonyl (C=O) groups excluding carboxylic acids is 2. The Morgan fingerprint density at radius 2 is 1.77 bits per heavy atom. The largest absolute Gasteiger partial charge is 0.399 e. The van der Waals surface area contributed by atoms with Gasteiger partial charge in [0.05, 0.1) is 4.88 Å². The Kier molecular flexibility index (Phi) is 6.32. The third kappa shape index (κ3) is 4.82. The number of nitrogens with zero attached hydrogens (tertiary/aromatic N) is 1. The lowest BCUT2D eigenvalue weighted by Gasteiger charge is -2.33. The fourth-order valence-electron chi connectivity index (χ4n) is 3.48. The Labute approximate surface area is 182 Å². The summed E-state index contributed by atoms with van der Waals surface area (Å²) in [5, 5.41) is 3.05. The van der Waals surface area contributed by atoms with Crippen LogP contribution < -0.4 is 5.32 Å². The van der Waals surface area contributed by atoms with E-state index in [1.54, 1.807) is 4.90 Å². The third-order valence-corrected chi connectivity index (χ3v) is 7.36. The summed E-state index contributed by atoms with van der Waals surface area (Å²) in [6, 6.07) is 3.84. The van der Waals surface area contributed by atoms with E-state index >= 15 is 0 Å². The molecule has 1 fully saturated rings. The molecule has 3 N–H and O–H groups in total. The second-order valence-corrected chi connectivity index (χ2v) is 11.5. The van der Waals surface area contributed by atoms with Crippen LogP contribution in [0.4, 0.5) is 8.78 Å². The van der Waals surface area contributed by atoms with E-state index in [9.17, 15) is 22.9 Å². The fraction of sp³-hybridized carbons (Fsp3) is 0.500. The van der Waals surface area contributed by atoms with E-state index in [-0.39, 0.29) is 16.2 Å². The summed E-state index contributed by atoms with van der Waals surface area (Å²) in [5.41, 5.74) is -5.69. The summed E-state index contributed by atoms with van der Waals surface area (Å²) < 4.78 is 39.7. The number of hydrogen-bond acceptors (Lipinski definition) is 4. The first kappa shape index (κ1) is 23.8. The number of benzene rings is 1. The van der Waals surface area contributed by atoms with E-state index in [1.807, 2.05) is 20.8 Å². The molecule has 1 aromatic carbocycles. The molecule has 0 aliphatic carbocycles.